The zero-order valence-electron chi connectivity index (χ0n) is 5.45. The summed E-state index contributed by atoms with van der Waals surface area (Å²) >= 11 is 5.38. The standard InChI is InChI=1S/C7H12ClF/c1-2-7(9)5-3-4-6-8/h2,7H,1,3-6H2. The van der Waals surface area contributed by atoms with E-state index in [-0.39, 0.29) is 0 Å². The molecule has 2 heteroatoms. The summed E-state index contributed by atoms with van der Waals surface area (Å²) in [5.74, 6) is 0.629. The maximum absolute atomic E-state index is 12.3. The first kappa shape index (κ1) is 8.96. The molecule has 0 amide bonds. The van der Waals surface area contributed by atoms with E-state index in [9.17, 15) is 4.39 Å². The summed E-state index contributed by atoms with van der Waals surface area (Å²) in [5, 5.41) is 0. The summed E-state index contributed by atoms with van der Waals surface area (Å²) in [4.78, 5) is 0. The van der Waals surface area contributed by atoms with E-state index in [1.165, 1.54) is 6.08 Å². The molecule has 0 aliphatic heterocycles. The van der Waals surface area contributed by atoms with Gasteiger partial charge in [0.05, 0.1) is 0 Å². The van der Waals surface area contributed by atoms with Crippen LogP contribution in [0.4, 0.5) is 4.39 Å². The summed E-state index contributed by atoms with van der Waals surface area (Å²) in [6.45, 7) is 3.33. The predicted molar refractivity (Wildman–Crippen MR) is 39.7 cm³/mol. The lowest BCUT2D eigenvalue weighted by molar-refractivity contribution is 0.370. The monoisotopic (exact) mass is 150 g/mol. The summed E-state index contributed by atoms with van der Waals surface area (Å²) in [7, 11) is 0. The second-order valence-electron chi connectivity index (χ2n) is 1.94. The number of unbranched alkanes of at least 4 members (excludes halogenated alkanes) is 1. The van der Waals surface area contributed by atoms with Crippen LogP contribution >= 0.6 is 11.6 Å². The van der Waals surface area contributed by atoms with Crippen LogP contribution in [-0.4, -0.2) is 12.1 Å². The number of allylic oxidation sites excluding steroid dienone is 1. The van der Waals surface area contributed by atoms with Crippen LogP contribution in [0.5, 0.6) is 0 Å². The van der Waals surface area contributed by atoms with Crippen LogP contribution < -0.4 is 0 Å². The molecular weight excluding hydrogens is 139 g/mol. The molecule has 0 aromatic carbocycles. The number of halogens is 2. The average molecular weight is 151 g/mol. The molecule has 0 aliphatic rings. The molecule has 0 bridgehead atoms. The Bertz CT molecular complexity index is 73.3. The Kier molecular flexibility index (Phi) is 6.06. The van der Waals surface area contributed by atoms with Crippen LogP contribution in [0.15, 0.2) is 12.7 Å². The largest absolute Gasteiger partial charge is 0.243 e. The summed E-state index contributed by atoms with van der Waals surface area (Å²) in [5.41, 5.74) is 0. The van der Waals surface area contributed by atoms with Crippen LogP contribution in [0.1, 0.15) is 19.3 Å². The minimum Gasteiger partial charge on any atom is -0.243 e. The van der Waals surface area contributed by atoms with Crippen LogP contribution in [0, 0.1) is 0 Å². The normalized spacial score (nSPS) is 13.1. The van der Waals surface area contributed by atoms with Crippen molar-refractivity contribution in [1.29, 1.82) is 0 Å². The van der Waals surface area contributed by atoms with Gasteiger partial charge in [-0.05, 0) is 19.3 Å². The highest BCUT2D eigenvalue weighted by molar-refractivity contribution is 6.17. The third-order valence-corrected chi connectivity index (χ3v) is 1.39. The van der Waals surface area contributed by atoms with Gasteiger partial charge < -0.3 is 0 Å². The third-order valence-electron chi connectivity index (χ3n) is 1.12. The number of alkyl halides is 2. The molecule has 0 spiro atoms. The molecular formula is C7H12ClF. The van der Waals surface area contributed by atoms with Gasteiger partial charge in [-0.15, -0.1) is 18.2 Å². The number of hydrogen-bond acceptors (Lipinski definition) is 0. The van der Waals surface area contributed by atoms with Gasteiger partial charge >= 0.3 is 0 Å². The highest BCUT2D eigenvalue weighted by atomic mass is 35.5. The Hall–Kier alpha value is -0.0400. The van der Waals surface area contributed by atoms with Crippen molar-refractivity contribution in [3.63, 3.8) is 0 Å². The first-order valence-corrected chi connectivity index (χ1v) is 3.67. The van der Waals surface area contributed by atoms with Gasteiger partial charge in [-0.2, -0.15) is 0 Å². The van der Waals surface area contributed by atoms with Gasteiger partial charge in [0.2, 0.25) is 0 Å². The summed E-state index contributed by atoms with van der Waals surface area (Å²) in [6, 6.07) is 0. The van der Waals surface area contributed by atoms with E-state index < -0.39 is 6.17 Å². The van der Waals surface area contributed by atoms with E-state index in [0.717, 1.165) is 12.8 Å². The quantitative estimate of drug-likeness (QED) is 0.321. The lowest BCUT2D eigenvalue weighted by Crippen LogP contribution is -1.93. The fourth-order valence-corrected chi connectivity index (χ4v) is 0.741. The molecule has 0 N–H and O–H groups in total. The number of hydrogen-bond donors (Lipinski definition) is 0. The first-order valence-electron chi connectivity index (χ1n) is 3.14. The van der Waals surface area contributed by atoms with Crippen molar-refractivity contribution in [2.24, 2.45) is 0 Å². The van der Waals surface area contributed by atoms with Crippen molar-refractivity contribution in [2.75, 3.05) is 5.88 Å². The highest BCUT2D eigenvalue weighted by Crippen LogP contribution is 2.05. The fraction of sp³-hybridized carbons (Fsp3) is 0.714. The molecule has 0 aromatic heterocycles. The molecule has 0 aromatic rings. The van der Waals surface area contributed by atoms with E-state index in [4.69, 9.17) is 11.6 Å². The fourth-order valence-electron chi connectivity index (χ4n) is 0.552. The zero-order chi connectivity index (χ0) is 7.11. The van der Waals surface area contributed by atoms with Crippen LogP contribution in [-0.2, 0) is 0 Å². The molecule has 0 saturated carbocycles. The van der Waals surface area contributed by atoms with E-state index in [1.807, 2.05) is 0 Å². The van der Waals surface area contributed by atoms with Crippen LogP contribution in [0.25, 0.3) is 0 Å². The maximum atomic E-state index is 12.3. The molecule has 0 saturated heterocycles. The summed E-state index contributed by atoms with van der Waals surface area (Å²) in [6.07, 6.45) is 2.81. The molecule has 1 unspecified atom stereocenters. The topological polar surface area (TPSA) is 0 Å². The van der Waals surface area contributed by atoms with E-state index in [0.29, 0.717) is 12.3 Å². The van der Waals surface area contributed by atoms with Crippen molar-refractivity contribution in [1.82, 2.24) is 0 Å². The highest BCUT2D eigenvalue weighted by Gasteiger charge is 1.97. The van der Waals surface area contributed by atoms with E-state index >= 15 is 0 Å². The van der Waals surface area contributed by atoms with Gasteiger partial charge in [-0.25, -0.2) is 4.39 Å². The molecule has 9 heavy (non-hydrogen) atoms. The Morgan fingerprint density at radius 2 is 2.22 bits per heavy atom. The Morgan fingerprint density at radius 1 is 1.56 bits per heavy atom. The minimum absolute atomic E-state index is 0.566. The smallest absolute Gasteiger partial charge is 0.118 e. The molecule has 0 heterocycles. The summed E-state index contributed by atoms with van der Waals surface area (Å²) < 4.78 is 12.3. The maximum Gasteiger partial charge on any atom is 0.118 e. The SMILES string of the molecule is C=CC(F)CCCCCl. The van der Waals surface area contributed by atoms with Gasteiger partial charge in [0.1, 0.15) is 6.17 Å². The van der Waals surface area contributed by atoms with Crippen molar-refractivity contribution in [2.45, 2.75) is 25.4 Å². The van der Waals surface area contributed by atoms with Crippen molar-refractivity contribution in [3.8, 4) is 0 Å². The number of rotatable bonds is 5. The second-order valence-corrected chi connectivity index (χ2v) is 2.31. The van der Waals surface area contributed by atoms with E-state index in [1.54, 1.807) is 0 Å². The average Bonchev–Trinajstić information content (AvgIpc) is 1.89. The van der Waals surface area contributed by atoms with Crippen molar-refractivity contribution < 1.29 is 4.39 Å². The van der Waals surface area contributed by atoms with Crippen LogP contribution in [0.2, 0.25) is 0 Å². The lowest BCUT2D eigenvalue weighted by Gasteiger charge is -1.98. The molecule has 0 rings (SSSR count). The Morgan fingerprint density at radius 3 is 2.67 bits per heavy atom. The van der Waals surface area contributed by atoms with Gasteiger partial charge in [0.25, 0.3) is 0 Å². The second kappa shape index (κ2) is 6.09. The van der Waals surface area contributed by atoms with Gasteiger partial charge in [-0.3, -0.25) is 0 Å². The van der Waals surface area contributed by atoms with Crippen molar-refractivity contribution in [3.05, 3.63) is 12.7 Å². The first-order chi connectivity index (χ1) is 4.31. The Labute approximate surface area is 60.7 Å². The predicted octanol–water partition coefficient (Wildman–Crippen LogP) is 2.92. The molecule has 1 atom stereocenters. The lowest BCUT2D eigenvalue weighted by atomic mass is 10.2. The molecule has 0 aliphatic carbocycles. The molecule has 0 fully saturated rings. The van der Waals surface area contributed by atoms with Gasteiger partial charge in [-0.1, -0.05) is 6.08 Å². The molecule has 54 valence electrons. The zero-order valence-corrected chi connectivity index (χ0v) is 6.20. The minimum atomic E-state index is -0.840. The van der Waals surface area contributed by atoms with Crippen molar-refractivity contribution >= 4 is 11.6 Å². The Balaban J connectivity index is 2.96. The molecule has 0 radical (unpaired) electrons. The molecule has 0 nitrogen and oxygen atoms in total. The van der Waals surface area contributed by atoms with Gasteiger partial charge in [0, 0.05) is 5.88 Å². The van der Waals surface area contributed by atoms with E-state index in [2.05, 4.69) is 6.58 Å². The van der Waals surface area contributed by atoms with Crippen LogP contribution in [0.3, 0.4) is 0 Å². The van der Waals surface area contributed by atoms with Gasteiger partial charge in [0.15, 0.2) is 0 Å². The third kappa shape index (κ3) is 5.84.